The second-order valence-corrected chi connectivity index (χ2v) is 20.2. The fraction of sp³-hybridized carbons (Fsp3) is 0.780. The van der Waals surface area contributed by atoms with Crippen molar-refractivity contribution in [3.63, 3.8) is 0 Å². The van der Waals surface area contributed by atoms with Crippen molar-refractivity contribution < 1.29 is 56.6 Å². The number of likely N-dealkylation sites (N-methyl/N-ethyl adjacent to an activating group) is 2. The van der Waals surface area contributed by atoms with Crippen LogP contribution in [0.3, 0.4) is 0 Å². The molecule has 2 fully saturated rings. The second kappa shape index (κ2) is 22.3. The van der Waals surface area contributed by atoms with Crippen molar-refractivity contribution >= 4 is 38.6 Å². The molecule has 1 aromatic carbocycles. The Balaban J connectivity index is 1.50. The zero-order valence-electron chi connectivity index (χ0n) is 37.0. The Labute approximate surface area is 373 Å². The number of methoxy groups -OCH3 is 2. The Morgan fingerprint density at radius 2 is 1.77 bits per heavy atom. The summed E-state index contributed by atoms with van der Waals surface area (Å²) in [5, 5.41) is 48.1. The number of ether oxygens (including phenoxy) is 5. The number of aliphatic hydroxyl groups is 3. The Morgan fingerprint density at radius 3 is 2.36 bits per heavy atom. The number of carbonyl (C=O) groups is 1. The quantitative estimate of drug-likeness (QED) is 0.129. The van der Waals surface area contributed by atoms with Crippen molar-refractivity contribution in [2.45, 2.75) is 143 Å². The number of aliphatic hydroxyl groups excluding tert-OH is 2. The summed E-state index contributed by atoms with van der Waals surface area (Å²) in [5.74, 6) is -2.05. The minimum absolute atomic E-state index is 0.0164. The molecular formula is C41H68FIN6O11S. The van der Waals surface area contributed by atoms with Crippen molar-refractivity contribution in [1.82, 2.24) is 24.8 Å². The molecule has 17 nitrogen and oxygen atoms in total. The first-order valence-corrected chi connectivity index (χ1v) is 23.6. The molecule has 2 saturated heterocycles. The molecule has 2 aliphatic heterocycles. The van der Waals surface area contributed by atoms with Gasteiger partial charge in [0, 0.05) is 64.3 Å². The normalized spacial score (nSPS) is 35.3. The SMILES string of the molecule is CO[C@H]1[C@H](C)[C@@H](O[C@H]2C[C@@H](N(C)CCc3cn([C@H](CF)[C@H](OC)c4ccc(S(N)(=O)=O)cc4)nn3)C[C@@H](C)O2)[C@](C)(O)C[C@@H](C)CN(C)[C@H](C)[C@@H](O)[C@H](O)[C@@H](I)OC(=O)[C@@H]1C. The first-order chi connectivity index (χ1) is 28.5. The number of primary sulfonamides is 1. The van der Waals surface area contributed by atoms with Crippen molar-refractivity contribution in [3.05, 3.63) is 41.7 Å². The molecule has 5 N–H and O–H groups in total. The first kappa shape index (κ1) is 51.7. The maximum Gasteiger partial charge on any atom is 0.312 e. The molecule has 0 aliphatic carbocycles. The highest BCUT2D eigenvalue weighted by Crippen LogP contribution is 2.37. The van der Waals surface area contributed by atoms with Crippen LogP contribution in [-0.2, 0) is 44.9 Å². The standard InChI is InChI=1S/C41H68FIN6O11S/c1-23-19-41(6,53)38(25(3)36(56-9)26(4)40(52)60-39(43)35(51)34(50)27(5)48(8)21-23)59-33-18-30(17-24(2)58-33)47(7)16-15-29-22-49(46-45-29)32(20-42)37(57-10)28-11-13-31(14-12-28)61(44,54)55/h11-14,22-27,30,32-39,50-51,53H,15-21H2,1-10H3,(H2,44,54,55)/t23-,24-,25+,26-,27-,30+,32-,33+,34-,35+,36+,37-,38-,39+,41-/m1/s1. The van der Waals surface area contributed by atoms with Gasteiger partial charge in [0.2, 0.25) is 10.0 Å². The van der Waals surface area contributed by atoms with Gasteiger partial charge in [0.15, 0.2) is 10.4 Å². The van der Waals surface area contributed by atoms with E-state index in [0.29, 0.717) is 50.0 Å². The van der Waals surface area contributed by atoms with E-state index in [0.717, 1.165) is 0 Å². The molecular weight excluding hydrogens is 930 g/mol. The number of hydrogen-bond donors (Lipinski definition) is 4. The molecule has 15 atom stereocenters. The number of nitrogens with zero attached hydrogens (tertiary/aromatic N) is 5. The molecule has 1 aromatic heterocycles. The maximum atomic E-state index is 14.6. The lowest BCUT2D eigenvalue weighted by Crippen LogP contribution is -2.55. The molecule has 2 aromatic rings. The Morgan fingerprint density at radius 1 is 1.11 bits per heavy atom. The van der Waals surface area contributed by atoms with E-state index < -0.39 is 93.1 Å². The van der Waals surface area contributed by atoms with Gasteiger partial charge in [-0.2, -0.15) is 0 Å². The van der Waals surface area contributed by atoms with E-state index in [1.807, 2.05) is 62.4 Å². The van der Waals surface area contributed by atoms with Crippen LogP contribution >= 0.6 is 22.6 Å². The van der Waals surface area contributed by atoms with E-state index >= 15 is 0 Å². The van der Waals surface area contributed by atoms with Crippen LogP contribution in [0.5, 0.6) is 0 Å². The van der Waals surface area contributed by atoms with Gasteiger partial charge >= 0.3 is 5.97 Å². The number of benzene rings is 1. The van der Waals surface area contributed by atoms with Gasteiger partial charge in [0.05, 0.1) is 46.5 Å². The minimum Gasteiger partial charge on any atom is -0.448 e. The zero-order chi connectivity index (χ0) is 45.6. The zero-order valence-corrected chi connectivity index (χ0v) is 40.0. The molecule has 4 rings (SSSR count). The second-order valence-electron chi connectivity index (χ2n) is 17.4. The number of aromatic nitrogens is 3. The highest BCUT2D eigenvalue weighted by atomic mass is 127. The van der Waals surface area contributed by atoms with Crippen LogP contribution in [0.15, 0.2) is 35.4 Å². The van der Waals surface area contributed by atoms with Crippen LogP contribution in [0.25, 0.3) is 0 Å². The van der Waals surface area contributed by atoms with Gasteiger partial charge in [-0.25, -0.2) is 22.6 Å². The molecule has 348 valence electrons. The first-order valence-electron chi connectivity index (χ1n) is 20.8. The summed E-state index contributed by atoms with van der Waals surface area (Å²) < 4.78 is 68.9. The molecule has 20 heteroatoms. The van der Waals surface area contributed by atoms with Crippen LogP contribution in [0.2, 0.25) is 0 Å². The summed E-state index contributed by atoms with van der Waals surface area (Å²) in [6.45, 7) is 11.3. The van der Waals surface area contributed by atoms with E-state index in [9.17, 15) is 32.9 Å². The molecule has 3 heterocycles. The molecule has 0 spiro atoms. The van der Waals surface area contributed by atoms with Gasteiger partial charge < -0.3 is 48.8 Å². The third-order valence-electron chi connectivity index (χ3n) is 12.4. The number of rotatable bonds is 13. The summed E-state index contributed by atoms with van der Waals surface area (Å²) in [4.78, 5) is 17.6. The van der Waals surface area contributed by atoms with Gasteiger partial charge in [0.1, 0.15) is 24.9 Å². The van der Waals surface area contributed by atoms with Crippen molar-refractivity contribution in [2.75, 3.05) is 48.1 Å². The number of alkyl halides is 2. The summed E-state index contributed by atoms with van der Waals surface area (Å²) in [5.41, 5.74) is -0.225. The fourth-order valence-electron chi connectivity index (χ4n) is 8.95. The van der Waals surface area contributed by atoms with Crippen LogP contribution < -0.4 is 5.14 Å². The molecule has 0 unspecified atom stereocenters. The summed E-state index contributed by atoms with van der Waals surface area (Å²) >= 11 is 1.82. The highest BCUT2D eigenvalue weighted by Gasteiger charge is 2.47. The fourth-order valence-corrected chi connectivity index (χ4v) is 10.1. The number of carbonyl (C=O) groups excluding carboxylic acids is 1. The average Bonchev–Trinajstić information content (AvgIpc) is 3.67. The number of sulfonamides is 1. The largest absolute Gasteiger partial charge is 0.448 e. The highest BCUT2D eigenvalue weighted by molar-refractivity contribution is 14.1. The molecule has 0 saturated carbocycles. The average molecular weight is 999 g/mol. The van der Waals surface area contributed by atoms with Crippen LogP contribution in [0, 0.1) is 17.8 Å². The summed E-state index contributed by atoms with van der Waals surface area (Å²) in [6, 6.07) is 4.44. The molecule has 61 heavy (non-hydrogen) atoms. The van der Waals surface area contributed by atoms with Crippen molar-refractivity contribution in [3.8, 4) is 0 Å². The van der Waals surface area contributed by atoms with E-state index in [1.165, 1.54) is 43.2 Å². The van der Waals surface area contributed by atoms with Gasteiger partial charge in [-0.3, -0.25) is 4.79 Å². The van der Waals surface area contributed by atoms with Gasteiger partial charge in [-0.1, -0.05) is 31.2 Å². The minimum atomic E-state index is -3.90. The van der Waals surface area contributed by atoms with Crippen molar-refractivity contribution in [1.29, 1.82) is 0 Å². The monoisotopic (exact) mass is 998 g/mol. The Kier molecular flexibility index (Phi) is 18.9. The van der Waals surface area contributed by atoms with Crippen LogP contribution in [0.1, 0.15) is 84.2 Å². The molecule has 0 radical (unpaired) electrons. The predicted molar refractivity (Wildman–Crippen MR) is 233 cm³/mol. The summed E-state index contributed by atoms with van der Waals surface area (Å²) in [6.07, 6.45) is -2.13. The van der Waals surface area contributed by atoms with Crippen LogP contribution in [0.4, 0.5) is 4.39 Å². The Hall–Kier alpha value is -1.96. The number of cyclic esters (lactones) is 1. The molecule has 2 aliphatic rings. The number of esters is 1. The number of hydrogen-bond acceptors (Lipinski definition) is 15. The predicted octanol–water partition coefficient (Wildman–Crippen LogP) is 3.00. The lowest BCUT2D eigenvalue weighted by Gasteiger charge is -2.45. The third kappa shape index (κ3) is 13.3. The Bertz CT molecular complexity index is 1800. The summed E-state index contributed by atoms with van der Waals surface area (Å²) in [7, 11) is 2.89. The smallest absolute Gasteiger partial charge is 0.312 e. The molecule has 0 amide bonds. The molecule has 0 bridgehead atoms. The van der Waals surface area contributed by atoms with Gasteiger partial charge in [-0.15, -0.1) is 5.10 Å². The van der Waals surface area contributed by atoms with Crippen LogP contribution in [-0.4, -0.2) is 161 Å². The van der Waals surface area contributed by atoms with Gasteiger partial charge in [0.25, 0.3) is 0 Å². The van der Waals surface area contributed by atoms with E-state index in [4.69, 9.17) is 28.8 Å². The van der Waals surface area contributed by atoms with E-state index in [2.05, 4.69) is 15.2 Å². The third-order valence-corrected chi connectivity index (χ3v) is 14.4. The lowest BCUT2D eigenvalue weighted by atomic mass is 9.78. The van der Waals surface area contributed by atoms with E-state index in [-0.39, 0.29) is 23.0 Å². The maximum absolute atomic E-state index is 14.6. The van der Waals surface area contributed by atoms with Crippen molar-refractivity contribution in [2.24, 2.45) is 22.9 Å². The van der Waals surface area contributed by atoms with E-state index in [1.54, 1.807) is 27.0 Å². The lowest BCUT2D eigenvalue weighted by molar-refractivity contribution is -0.268. The number of nitrogens with two attached hydrogens (primary N) is 1. The number of halogens is 2. The topological polar surface area (TPSA) is 221 Å². The van der Waals surface area contributed by atoms with Gasteiger partial charge in [-0.05, 0) is 101 Å².